The summed E-state index contributed by atoms with van der Waals surface area (Å²) in [5.41, 5.74) is -2.59. The van der Waals surface area contributed by atoms with Gasteiger partial charge in [0.1, 0.15) is 5.82 Å². The van der Waals surface area contributed by atoms with Crippen molar-refractivity contribution in [2.24, 2.45) is 5.92 Å². The number of alkyl halides is 3. The highest BCUT2D eigenvalue weighted by atomic mass is 19.4. The van der Waals surface area contributed by atoms with Crippen molar-refractivity contribution < 1.29 is 31.9 Å². The quantitative estimate of drug-likeness (QED) is 0.549. The van der Waals surface area contributed by atoms with Crippen LogP contribution in [0.1, 0.15) is 30.0 Å². The van der Waals surface area contributed by atoms with E-state index in [-0.39, 0.29) is 18.8 Å². The summed E-state index contributed by atoms with van der Waals surface area (Å²) in [6, 6.07) is 4.32. The van der Waals surface area contributed by atoms with Gasteiger partial charge in [-0.25, -0.2) is 9.07 Å². The van der Waals surface area contributed by atoms with Crippen molar-refractivity contribution in [2.45, 2.75) is 20.0 Å². The minimum Gasteiger partial charge on any atom is -0.469 e. The van der Waals surface area contributed by atoms with Crippen LogP contribution in [-0.2, 0) is 15.7 Å². The Bertz CT molecular complexity index is 866. The number of esters is 1. The molecule has 0 aliphatic rings. The van der Waals surface area contributed by atoms with Crippen LogP contribution < -0.4 is 0 Å². The minimum atomic E-state index is -4.98. The van der Waals surface area contributed by atoms with E-state index in [4.69, 9.17) is 0 Å². The molecule has 1 atom stereocenters. The molecular formula is C17H18F4N4O3. The van der Waals surface area contributed by atoms with Crippen LogP contribution in [0.15, 0.2) is 24.3 Å². The van der Waals surface area contributed by atoms with Crippen LogP contribution in [0.2, 0.25) is 0 Å². The van der Waals surface area contributed by atoms with Crippen molar-refractivity contribution >= 4 is 11.9 Å². The van der Waals surface area contributed by atoms with Gasteiger partial charge in [-0.2, -0.15) is 13.2 Å². The summed E-state index contributed by atoms with van der Waals surface area (Å²) in [6.07, 6.45) is -4.98. The molecular weight excluding hydrogens is 384 g/mol. The lowest BCUT2D eigenvalue weighted by Crippen LogP contribution is -2.38. The van der Waals surface area contributed by atoms with Gasteiger partial charge in [0, 0.05) is 13.1 Å². The lowest BCUT2D eigenvalue weighted by atomic mass is 10.1. The summed E-state index contributed by atoms with van der Waals surface area (Å²) in [4.78, 5) is 25.3. The minimum absolute atomic E-state index is 0.0320. The third-order valence-electron chi connectivity index (χ3n) is 3.96. The molecule has 0 spiro atoms. The number of amides is 1. The lowest BCUT2D eigenvalue weighted by Gasteiger charge is -2.23. The molecule has 0 fully saturated rings. The summed E-state index contributed by atoms with van der Waals surface area (Å²) < 4.78 is 59.3. The monoisotopic (exact) mass is 402 g/mol. The summed E-state index contributed by atoms with van der Waals surface area (Å²) in [7, 11) is 1.17. The van der Waals surface area contributed by atoms with E-state index in [2.05, 4.69) is 15.0 Å². The molecule has 0 N–H and O–H groups in total. The largest absolute Gasteiger partial charge is 0.469 e. The second kappa shape index (κ2) is 8.36. The molecule has 1 heterocycles. The van der Waals surface area contributed by atoms with Crippen molar-refractivity contribution in [2.75, 3.05) is 20.2 Å². The molecule has 7 nitrogen and oxygen atoms in total. The van der Waals surface area contributed by atoms with E-state index in [0.29, 0.717) is 4.68 Å². The lowest BCUT2D eigenvalue weighted by molar-refractivity contribution is -0.145. The van der Waals surface area contributed by atoms with E-state index in [1.807, 2.05) is 0 Å². The maximum absolute atomic E-state index is 13.7. The number of nitrogens with zero attached hydrogens (tertiary/aromatic N) is 4. The van der Waals surface area contributed by atoms with E-state index in [1.54, 1.807) is 6.92 Å². The highest BCUT2D eigenvalue weighted by Crippen LogP contribution is 2.33. The second-order valence-electron chi connectivity index (χ2n) is 5.94. The molecule has 11 heteroatoms. The predicted molar refractivity (Wildman–Crippen MR) is 89.1 cm³/mol. The van der Waals surface area contributed by atoms with Crippen LogP contribution in [0.4, 0.5) is 17.6 Å². The maximum Gasteiger partial charge on any atom is 0.435 e. The highest BCUT2D eigenvalue weighted by Gasteiger charge is 2.43. The van der Waals surface area contributed by atoms with E-state index >= 15 is 0 Å². The molecule has 0 saturated heterocycles. The molecule has 0 aliphatic heterocycles. The first kappa shape index (κ1) is 21.3. The van der Waals surface area contributed by atoms with Crippen LogP contribution in [-0.4, -0.2) is 52.0 Å². The standard InChI is InChI=1S/C17H18F4N4O3/c1-4-24(9-10(2)16(27)28-3)15(26)13-14(17(19,20)21)25(23-22-13)12-7-5-6-11(18)8-12/h5-8,10H,4,9H2,1-3H3. The molecule has 1 aromatic carbocycles. The van der Waals surface area contributed by atoms with Gasteiger partial charge in [0.2, 0.25) is 0 Å². The van der Waals surface area contributed by atoms with Gasteiger partial charge in [-0.15, -0.1) is 5.10 Å². The van der Waals surface area contributed by atoms with Gasteiger partial charge in [0.15, 0.2) is 11.4 Å². The van der Waals surface area contributed by atoms with Crippen LogP contribution in [0.3, 0.4) is 0 Å². The van der Waals surface area contributed by atoms with Crippen molar-refractivity contribution in [3.05, 3.63) is 41.5 Å². The van der Waals surface area contributed by atoms with Gasteiger partial charge in [-0.05, 0) is 25.1 Å². The zero-order chi connectivity index (χ0) is 21.1. The fourth-order valence-corrected chi connectivity index (χ4v) is 2.58. The third kappa shape index (κ3) is 4.46. The number of hydrogen-bond acceptors (Lipinski definition) is 5. The number of aromatic nitrogens is 3. The van der Waals surface area contributed by atoms with E-state index in [1.165, 1.54) is 26.2 Å². The molecule has 152 valence electrons. The topological polar surface area (TPSA) is 77.3 Å². The molecule has 0 saturated carbocycles. The van der Waals surface area contributed by atoms with Gasteiger partial charge < -0.3 is 9.64 Å². The Balaban J connectivity index is 2.47. The van der Waals surface area contributed by atoms with Gasteiger partial charge >= 0.3 is 12.1 Å². The molecule has 0 bridgehead atoms. The van der Waals surface area contributed by atoms with Crippen LogP contribution in [0, 0.1) is 11.7 Å². The number of carbonyl (C=O) groups is 2. The number of rotatable bonds is 6. The Morgan fingerprint density at radius 3 is 2.54 bits per heavy atom. The van der Waals surface area contributed by atoms with Gasteiger partial charge in [0.05, 0.1) is 18.7 Å². The Labute approximate surface area is 157 Å². The van der Waals surface area contributed by atoms with Gasteiger partial charge in [-0.1, -0.05) is 18.2 Å². The van der Waals surface area contributed by atoms with Crippen LogP contribution >= 0.6 is 0 Å². The molecule has 1 unspecified atom stereocenters. The fraction of sp³-hybridized carbons (Fsp3) is 0.412. The molecule has 0 radical (unpaired) electrons. The fourth-order valence-electron chi connectivity index (χ4n) is 2.58. The number of carbonyl (C=O) groups excluding carboxylic acids is 2. The van der Waals surface area contributed by atoms with E-state index < -0.39 is 41.2 Å². The Hall–Kier alpha value is -2.98. The number of hydrogen-bond donors (Lipinski definition) is 0. The predicted octanol–water partition coefficient (Wildman–Crippen LogP) is 2.70. The summed E-state index contributed by atoms with van der Waals surface area (Å²) >= 11 is 0. The second-order valence-corrected chi connectivity index (χ2v) is 5.94. The summed E-state index contributed by atoms with van der Waals surface area (Å²) in [5, 5.41) is 6.80. The molecule has 2 rings (SSSR count). The SMILES string of the molecule is CCN(CC(C)C(=O)OC)C(=O)c1nnn(-c2cccc(F)c2)c1C(F)(F)F. The first-order valence-corrected chi connectivity index (χ1v) is 8.26. The first-order valence-electron chi connectivity index (χ1n) is 8.26. The summed E-state index contributed by atoms with van der Waals surface area (Å²) in [5.74, 6) is -3.17. The summed E-state index contributed by atoms with van der Waals surface area (Å²) in [6.45, 7) is 2.90. The van der Waals surface area contributed by atoms with E-state index in [0.717, 1.165) is 17.0 Å². The Kier molecular flexibility index (Phi) is 6.37. The molecule has 1 aromatic heterocycles. The first-order chi connectivity index (χ1) is 13.1. The van der Waals surface area contributed by atoms with Gasteiger partial charge in [0.25, 0.3) is 5.91 Å². The Morgan fingerprint density at radius 2 is 2.00 bits per heavy atom. The van der Waals surface area contributed by atoms with E-state index in [9.17, 15) is 27.2 Å². The highest BCUT2D eigenvalue weighted by molar-refractivity contribution is 5.94. The van der Waals surface area contributed by atoms with Crippen molar-refractivity contribution in [3.8, 4) is 5.69 Å². The zero-order valence-electron chi connectivity index (χ0n) is 15.3. The molecule has 2 aromatic rings. The third-order valence-corrected chi connectivity index (χ3v) is 3.96. The zero-order valence-corrected chi connectivity index (χ0v) is 15.3. The Morgan fingerprint density at radius 1 is 1.32 bits per heavy atom. The smallest absolute Gasteiger partial charge is 0.435 e. The van der Waals surface area contributed by atoms with Crippen molar-refractivity contribution in [3.63, 3.8) is 0 Å². The average Bonchev–Trinajstić information content (AvgIpc) is 3.10. The van der Waals surface area contributed by atoms with Crippen LogP contribution in [0.5, 0.6) is 0 Å². The van der Waals surface area contributed by atoms with Crippen molar-refractivity contribution in [1.82, 2.24) is 19.9 Å². The number of methoxy groups -OCH3 is 1. The number of halogens is 4. The maximum atomic E-state index is 13.7. The average molecular weight is 402 g/mol. The molecule has 28 heavy (non-hydrogen) atoms. The molecule has 1 amide bonds. The molecule has 0 aliphatic carbocycles. The number of benzene rings is 1. The number of ether oxygens (including phenoxy) is 1. The van der Waals surface area contributed by atoms with Gasteiger partial charge in [-0.3, -0.25) is 9.59 Å². The normalized spacial score (nSPS) is 12.5. The van der Waals surface area contributed by atoms with Crippen molar-refractivity contribution in [1.29, 1.82) is 0 Å². The van der Waals surface area contributed by atoms with Crippen LogP contribution in [0.25, 0.3) is 5.69 Å².